The molecule has 2 aliphatic heterocycles. The number of hydrazine groups is 1. The molecule has 2 atom stereocenters. The molecule has 5 heterocycles. The lowest BCUT2D eigenvalue weighted by atomic mass is 9.97. The van der Waals surface area contributed by atoms with Crippen molar-refractivity contribution < 1.29 is 24.3 Å². The number of amides is 3. The van der Waals surface area contributed by atoms with E-state index in [2.05, 4.69) is 16.5 Å². The summed E-state index contributed by atoms with van der Waals surface area (Å²) >= 11 is 0. The number of phenolic OH excluding ortho intramolecular Hbond substituents is 1. The number of Topliss-reactive ketones (excluding diaryl/α,β-unsaturated/α-hetero) is 1. The molecule has 8 rings (SSSR count). The Bertz CT molecular complexity index is 2600. The number of nitrogens with zero attached hydrogens (tertiary/aromatic N) is 9. The molecule has 0 unspecified atom stereocenters. The van der Waals surface area contributed by atoms with Crippen LogP contribution in [0, 0.1) is 0 Å². The van der Waals surface area contributed by atoms with Gasteiger partial charge in [0.15, 0.2) is 5.78 Å². The minimum atomic E-state index is -0.916. The minimum absolute atomic E-state index is 0.0584. The van der Waals surface area contributed by atoms with Crippen molar-refractivity contribution >= 4 is 40.2 Å². The summed E-state index contributed by atoms with van der Waals surface area (Å²) in [5, 5.41) is 14.2. The number of fused-ring (bicyclic) bond motifs is 2. The van der Waals surface area contributed by atoms with Crippen molar-refractivity contribution in [1.29, 1.82) is 0 Å². The van der Waals surface area contributed by atoms with Gasteiger partial charge in [0.05, 0.1) is 37.2 Å². The minimum Gasteiger partial charge on any atom is -0.508 e. The predicted molar refractivity (Wildman–Crippen MR) is 236 cm³/mol. The van der Waals surface area contributed by atoms with E-state index in [-0.39, 0.29) is 74.7 Å². The number of phenols is 1. The van der Waals surface area contributed by atoms with E-state index in [1.54, 1.807) is 62.7 Å². The van der Waals surface area contributed by atoms with Crippen molar-refractivity contribution in [2.24, 2.45) is 14.1 Å². The van der Waals surface area contributed by atoms with Crippen LogP contribution in [0.5, 0.6) is 5.75 Å². The third-order valence-corrected chi connectivity index (χ3v) is 11.9. The van der Waals surface area contributed by atoms with E-state index in [1.165, 1.54) is 0 Å². The van der Waals surface area contributed by atoms with Crippen LogP contribution in [0.2, 0.25) is 0 Å². The van der Waals surface area contributed by atoms with E-state index in [0.717, 1.165) is 44.7 Å². The number of aromatic nitrogens is 4. The van der Waals surface area contributed by atoms with Gasteiger partial charge in [0.2, 0.25) is 17.7 Å². The van der Waals surface area contributed by atoms with Crippen molar-refractivity contribution in [1.82, 2.24) is 38.9 Å². The van der Waals surface area contributed by atoms with Crippen molar-refractivity contribution in [2.75, 3.05) is 31.6 Å². The summed E-state index contributed by atoms with van der Waals surface area (Å²) in [7, 11) is 5.81. The van der Waals surface area contributed by atoms with Crippen LogP contribution in [0.3, 0.4) is 0 Å². The van der Waals surface area contributed by atoms with Gasteiger partial charge in [-0.15, -0.1) is 6.58 Å². The number of rotatable bonds is 15. The van der Waals surface area contributed by atoms with Crippen molar-refractivity contribution in [3.05, 3.63) is 156 Å². The highest BCUT2D eigenvalue weighted by Gasteiger charge is 2.51. The Morgan fingerprint density at radius 1 is 0.919 bits per heavy atom. The first-order valence-electron chi connectivity index (χ1n) is 20.8. The van der Waals surface area contributed by atoms with Crippen molar-refractivity contribution in [2.45, 2.75) is 51.0 Å². The van der Waals surface area contributed by atoms with Crippen LogP contribution in [-0.2, 0) is 60.8 Å². The number of piperazine rings is 1. The topological polar surface area (TPSA) is 140 Å². The van der Waals surface area contributed by atoms with Crippen LogP contribution in [0.1, 0.15) is 44.7 Å². The van der Waals surface area contributed by atoms with E-state index >= 15 is 0 Å². The third-order valence-electron chi connectivity index (χ3n) is 11.9. The molecule has 1 N–H and O–H groups in total. The number of aryl methyl sites for hydroxylation is 3. The zero-order valence-electron chi connectivity index (χ0n) is 35.3. The SMILES string of the molecule is C=CCN1CC(=O)N2[C@@H](Cc3ccc(O)cc3)C(=O)N(Cc3cccc4c(C(=O)Cc5ccc(N(C)Cc6cncn6C)nc5)cn(C)c34)C[C@@H]2N1C(=O)CCc1ccccc1. The maximum atomic E-state index is 14.8. The average Bonchev–Trinajstić information content (AvgIpc) is 3.84. The van der Waals surface area contributed by atoms with Gasteiger partial charge < -0.3 is 28.9 Å². The molecule has 3 amide bonds. The van der Waals surface area contributed by atoms with Gasteiger partial charge in [0.25, 0.3) is 0 Å². The lowest BCUT2D eigenvalue weighted by Gasteiger charge is -2.55. The number of carbonyl (C=O) groups excluding carboxylic acids is 4. The first kappa shape index (κ1) is 41.7. The Morgan fingerprint density at radius 2 is 1.69 bits per heavy atom. The van der Waals surface area contributed by atoms with Gasteiger partial charge in [-0.25, -0.2) is 20.0 Å². The molecule has 62 heavy (non-hydrogen) atoms. The van der Waals surface area contributed by atoms with Crippen molar-refractivity contribution in [3.8, 4) is 5.75 Å². The number of hydrogen-bond acceptors (Lipinski definition) is 9. The van der Waals surface area contributed by atoms with Gasteiger partial charge >= 0.3 is 0 Å². The summed E-state index contributed by atoms with van der Waals surface area (Å²) in [4.78, 5) is 71.4. The molecule has 2 aliphatic rings. The lowest BCUT2D eigenvalue weighted by molar-refractivity contribution is -0.205. The number of hydrogen-bond donors (Lipinski definition) is 1. The molecule has 2 fully saturated rings. The Balaban J connectivity index is 1.07. The van der Waals surface area contributed by atoms with Crippen LogP contribution in [0.25, 0.3) is 10.9 Å². The van der Waals surface area contributed by atoms with E-state index < -0.39 is 12.2 Å². The Labute approximate surface area is 360 Å². The maximum Gasteiger partial charge on any atom is 0.246 e. The molecule has 6 aromatic rings. The van der Waals surface area contributed by atoms with Crippen LogP contribution in [0.15, 0.2) is 123 Å². The van der Waals surface area contributed by atoms with Gasteiger partial charge in [0, 0.05) is 83.0 Å². The van der Waals surface area contributed by atoms with Gasteiger partial charge in [-0.3, -0.25) is 19.2 Å². The van der Waals surface area contributed by atoms with E-state index in [9.17, 15) is 24.3 Å². The molecule has 318 valence electrons. The molecule has 14 heteroatoms. The molecule has 0 aliphatic carbocycles. The number of carbonyl (C=O) groups is 4. The lowest BCUT2D eigenvalue weighted by Crippen LogP contribution is -2.75. The molecular weight excluding hydrogens is 783 g/mol. The van der Waals surface area contributed by atoms with Crippen LogP contribution in [0.4, 0.5) is 5.82 Å². The monoisotopic (exact) mass is 833 g/mol. The Kier molecular flexibility index (Phi) is 12.0. The van der Waals surface area contributed by atoms with Crippen LogP contribution >= 0.6 is 0 Å². The first-order chi connectivity index (χ1) is 30.0. The number of para-hydroxylation sites is 1. The molecular formula is C48H51N9O5. The van der Waals surface area contributed by atoms with E-state index in [0.29, 0.717) is 18.5 Å². The van der Waals surface area contributed by atoms with E-state index in [4.69, 9.17) is 0 Å². The standard InChI is InChI=1S/C48H51N9O5/c1-5-22-55-31-46(61)56-41(23-34-14-18-38(58)19-15-34)48(62)54(30-44(56)57(55)45(60)21-17-33-10-7-6-8-11-33)27-36-12-9-13-39-40(29-52(3)47(36)39)42(59)24-35-16-20-43(50-25-35)51(2)28-37-26-49-32-53(37)4/h5-16,18-20,25-26,29,32,41,44,58H,1,17,21-24,27-28,30-31H2,2-4H3/t41-,44-/m0/s1. The largest absolute Gasteiger partial charge is 0.508 e. The maximum absolute atomic E-state index is 14.8. The second-order valence-electron chi connectivity index (χ2n) is 16.2. The van der Waals surface area contributed by atoms with Gasteiger partial charge in [-0.2, -0.15) is 0 Å². The molecule has 0 spiro atoms. The fourth-order valence-corrected chi connectivity index (χ4v) is 8.77. The van der Waals surface area contributed by atoms with E-state index in [1.807, 2.05) is 108 Å². The second kappa shape index (κ2) is 17.9. The fourth-order valence-electron chi connectivity index (χ4n) is 8.77. The molecule has 3 aromatic carbocycles. The summed E-state index contributed by atoms with van der Waals surface area (Å²) in [6, 6.07) is 25.1. The summed E-state index contributed by atoms with van der Waals surface area (Å²) < 4.78 is 3.89. The van der Waals surface area contributed by atoms with Crippen molar-refractivity contribution in [3.63, 3.8) is 0 Å². The summed E-state index contributed by atoms with van der Waals surface area (Å²) in [5.74, 6) is 0.150. The molecule has 0 saturated carbocycles. The van der Waals surface area contributed by atoms with Gasteiger partial charge in [0.1, 0.15) is 23.8 Å². The number of imidazole rings is 1. The number of anilines is 1. The highest BCUT2D eigenvalue weighted by Crippen LogP contribution is 2.32. The third kappa shape index (κ3) is 8.59. The Hall–Kier alpha value is -7.06. The van der Waals surface area contributed by atoms with Crippen LogP contribution in [-0.4, -0.2) is 106 Å². The zero-order chi connectivity index (χ0) is 43.5. The summed E-state index contributed by atoms with van der Waals surface area (Å²) in [5.41, 5.74) is 5.83. The number of aromatic hydroxyl groups is 1. The Morgan fingerprint density at radius 3 is 2.40 bits per heavy atom. The molecule has 0 bridgehead atoms. The number of ketones is 1. The molecule has 2 saturated heterocycles. The van der Waals surface area contributed by atoms with Gasteiger partial charge in [-0.05, 0) is 46.9 Å². The second-order valence-corrected chi connectivity index (χ2v) is 16.2. The summed E-state index contributed by atoms with van der Waals surface area (Å²) in [6.45, 7) is 4.99. The fraction of sp³-hybridized carbons (Fsp3) is 0.292. The molecule has 3 aromatic heterocycles. The predicted octanol–water partition coefficient (Wildman–Crippen LogP) is 5.06. The van der Waals surface area contributed by atoms with Crippen LogP contribution < -0.4 is 4.90 Å². The number of pyridine rings is 1. The first-order valence-corrected chi connectivity index (χ1v) is 20.8. The van der Waals surface area contributed by atoms with Gasteiger partial charge in [-0.1, -0.05) is 72.8 Å². The highest BCUT2D eigenvalue weighted by molar-refractivity contribution is 6.09. The number of benzene rings is 3. The molecule has 14 nitrogen and oxygen atoms in total. The molecule has 0 radical (unpaired) electrons. The summed E-state index contributed by atoms with van der Waals surface area (Å²) in [6.07, 6.45) is 9.14. The highest BCUT2D eigenvalue weighted by atomic mass is 16.3. The smallest absolute Gasteiger partial charge is 0.246 e. The average molecular weight is 834 g/mol. The zero-order valence-corrected chi connectivity index (χ0v) is 35.3. The normalized spacial score (nSPS) is 16.8. The quantitative estimate of drug-likeness (QED) is 0.111.